The number of aryl methyl sites for hydroxylation is 1. The SMILES string of the molecule is COC(=O)C1=C(C(=O)OC)N(c2ccc(OCCCc3ccccc3)cc2)C(N)=C(C#N)C1c1ccccc1. The summed E-state index contributed by atoms with van der Waals surface area (Å²) in [5.74, 6) is -1.84. The number of nitrogens with zero attached hydrogens (tertiary/aromatic N) is 2. The molecule has 4 rings (SSSR count). The highest BCUT2D eigenvalue weighted by Crippen LogP contribution is 2.43. The molecule has 1 atom stereocenters. The van der Waals surface area contributed by atoms with Crippen molar-refractivity contribution in [1.82, 2.24) is 0 Å². The van der Waals surface area contributed by atoms with Crippen LogP contribution < -0.4 is 15.4 Å². The van der Waals surface area contributed by atoms with Crippen LogP contribution in [0.4, 0.5) is 5.69 Å². The minimum atomic E-state index is -0.916. The Hall–Kier alpha value is -5.03. The van der Waals surface area contributed by atoms with Crippen molar-refractivity contribution >= 4 is 17.6 Å². The van der Waals surface area contributed by atoms with Gasteiger partial charge in [0.25, 0.3) is 0 Å². The van der Waals surface area contributed by atoms with Crippen molar-refractivity contribution in [2.24, 2.45) is 5.73 Å². The molecule has 1 unspecified atom stereocenters. The molecule has 1 aliphatic rings. The van der Waals surface area contributed by atoms with Gasteiger partial charge >= 0.3 is 11.9 Å². The lowest BCUT2D eigenvalue weighted by molar-refractivity contribution is -0.139. The van der Waals surface area contributed by atoms with Gasteiger partial charge in [-0.25, -0.2) is 9.59 Å². The third kappa shape index (κ3) is 5.78. The number of hydrogen-bond acceptors (Lipinski definition) is 8. The summed E-state index contributed by atoms with van der Waals surface area (Å²) in [7, 11) is 2.43. The predicted molar refractivity (Wildman–Crippen MR) is 146 cm³/mol. The van der Waals surface area contributed by atoms with Crippen molar-refractivity contribution in [2.75, 3.05) is 25.7 Å². The van der Waals surface area contributed by atoms with Gasteiger partial charge in [-0.15, -0.1) is 0 Å². The van der Waals surface area contributed by atoms with Gasteiger partial charge in [0.1, 0.15) is 17.3 Å². The van der Waals surface area contributed by atoms with Gasteiger partial charge in [0.05, 0.1) is 44.0 Å². The van der Waals surface area contributed by atoms with Gasteiger partial charge in [-0.05, 0) is 48.2 Å². The fraction of sp³-hybridized carbons (Fsp3) is 0.194. The van der Waals surface area contributed by atoms with Crippen LogP contribution in [0.2, 0.25) is 0 Å². The molecule has 0 amide bonds. The Kier molecular flexibility index (Phi) is 8.64. The van der Waals surface area contributed by atoms with Gasteiger partial charge in [-0.3, -0.25) is 4.90 Å². The molecule has 0 aromatic heterocycles. The third-order valence-electron chi connectivity index (χ3n) is 6.43. The Balaban J connectivity index is 1.68. The Labute approximate surface area is 227 Å². The molecular weight excluding hydrogens is 494 g/mol. The van der Waals surface area contributed by atoms with Crippen LogP contribution in [0.25, 0.3) is 0 Å². The van der Waals surface area contributed by atoms with E-state index in [0.717, 1.165) is 12.8 Å². The molecule has 0 aliphatic carbocycles. The number of benzene rings is 3. The van der Waals surface area contributed by atoms with E-state index in [0.29, 0.717) is 23.6 Å². The smallest absolute Gasteiger partial charge is 0.355 e. The Morgan fingerprint density at radius 2 is 1.51 bits per heavy atom. The van der Waals surface area contributed by atoms with Gasteiger partial charge in [0.15, 0.2) is 0 Å². The van der Waals surface area contributed by atoms with E-state index in [9.17, 15) is 14.9 Å². The zero-order valence-corrected chi connectivity index (χ0v) is 21.8. The zero-order chi connectivity index (χ0) is 27.8. The number of nitrogens with two attached hydrogens (primary N) is 1. The van der Waals surface area contributed by atoms with Crippen LogP contribution in [0.3, 0.4) is 0 Å². The molecule has 1 aliphatic heterocycles. The Morgan fingerprint density at radius 3 is 2.10 bits per heavy atom. The Bertz CT molecular complexity index is 1420. The van der Waals surface area contributed by atoms with Crippen molar-refractivity contribution in [3.8, 4) is 11.8 Å². The lowest BCUT2D eigenvalue weighted by Gasteiger charge is -2.35. The lowest BCUT2D eigenvalue weighted by Crippen LogP contribution is -2.40. The summed E-state index contributed by atoms with van der Waals surface area (Å²) in [6.07, 6.45) is 1.74. The number of rotatable bonds is 9. The average molecular weight is 524 g/mol. The van der Waals surface area contributed by atoms with Gasteiger partial charge in [0.2, 0.25) is 0 Å². The normalized spacial score (nSPS) is 15.0. The molecule has 3 aromatic rings. The number of esters is 2. The molecule has 198 valence electrons. The van der Waals surface area contributed by atoms with E-state index in [1.807, 2.05) is 24.3 Å². The fourth-order valence-corrected chi connectivity index (χ4v) is 4.58. The van der Waals surface area contributed by atoms with Crippen LogP contribution in [0.1, 0.15) is 23.5 Å². The van der Waals surface area contributed by atoms with Crippen LogP contribution in [0.5, 0.6) is 5.75 Å². The first-order valence-corrected chi connectivity index (χ1v) is 12.4. The number of nitriles is 1. The molecule has 8 heteroatoms. The molecule has 1 heterocycles. The molecular formula is C31H29N3O5. The van der Waals surface area contributed by atoms with E-state index >= 15 is 0 Å². The predicted octanol–water partition coefficient (Wildman–Crippen LogP) is 4.60. The lowest BCUT2D eigenvalue weighted by atomic mass is 9.81. The van der Waals surface area contributed by atoms with E-state index in [1.54, 1.807) is 48.5 Å². The van der Waals surface area contributed by atoms with Crippen LogP contribution in [-0.2, 0) is 25.5 Å². The highest BCUT2D eigenvalue weighted by atomic mass is 16.5. The molecule has 0 saturated heterocycles. The zero-order valence-electron chi connectivity index (χ0n) is 21.8. The topological polar surface area (TPSA) is 115 Å². The highest BCUT2D eigenvalue weighted by molar-refractivity contribution is 6.06. The van der Waals surface area contributed by atoms with Gasteiger partial charge in [0, 0.05) is 5.69 Å². The minimum Gasteiger partial charge on any atom is -0.494 e. The molecule has 3 aromatic carbocycles. The first-order valence-electron chi connectivity index (χ1n) is 12.4. The van der Waals surface area contributed by atoms with Crippen molar-refractivity contribution in [2.45, 2.75) is 18.8 Å². The van der Waals surface area contributed by atoms with E-state index in [4.69, 9.17) is 19.9 Å². The maximum absolute atomic E-state index is 13.1. The summed E-state index contributed by atoms with van der Waals surface area (Å²) in [4.78, 5) is 27.6. The summed E-state index contributed by atoms with van der Waals surface area (Å²) in [5.41, 5.74) is 8.78. The molecule has 0 saturated carbocycles. The summed E-state index contributed by atoms with van der Waals surface area (Å²) in [6.45, 7) is 0.525. The summed E-state index contributed by atoms with van der Waals surface area (Å²) >= 11 is 0. The first kappa shape index (κ1) is 27.0. The molecule has 0 fully saturated rings. The number of ether oxygens (including phenoxy) is 3. The monoisotopic (exact) mass is 523 g/mol. The summed E-state index contributed by atoms with van der Waals surface area (Å²) < 4.78 is 16.0. The van der Waals surface area contributed by atoms with Gasteiger partial charge in [-0.1, -0.05) is 60.7 Å². The quantitative estimate of drug-likeness (QED) is 0.320. The van der Waals surface area contributed by atoms with Crippen LogP contribution in [-0.4, -0.2) is 32.8 Å². The number of methoxy groups -OCH3 is 2. The number of carbonyl (C=O) groups is 2. The van der Waals surface area contributed by atoms with Crippen molar-refractivity contribution in [1.29, 1.82) is 5.26 Å². The van der Waals surface area contributed by atoms with E-state index in [1.165, 1.54) is 24.7 Å². The second-order valence-electron chi connectivity index (χ2n) is 8.77. The maximum Gasteiger partial charge on any atom is 0.355 e. The molecule has 2 N–H and O–H groups in total. The molecule has 0 bridgehead atoms. The standard InChI is InChI=1S/C31H29N3O5/c1-37-30(35)27-26(22-13-7-4-8-14-22)25(20-32)29(33)34(28(27)31(36)38-2)23-15-17-24(18-16-23)39-19-9-12-21-10-5-3-6-11-21/h3-8,10-11,13-18,26H,9,12,19,33H2,1-2H3. The minimum absolute atomic E-state index is 0.0101. The third-order valence-corrected chi connectivity index (χ3v) is 6.43. The number of hydrogen-bond donors (Lipinski definition) is 1. The highest BCUT2D eigenvalue weighted by Gasteiger charge is 2.42. The summed E-state index contributed by atoms with van der Waals surface area (Å²) in [5, 5.41) is 10.1. The summed E-state index contributed by atoms with van der Waals surface area (Å²) in [6, 6.07) is 28.1. The van der Waals surface area contributed by atoms with Crippen LogP contribution in [0.15, 0.2) is 108 Å². The number of allylic oxidation sites excluding steroid dienone is 1. The van der Waals surface area contributed by atoms with Crippen LogP contribution in [0, 0.1) is 11.3 Å². The molecule has 0 radical (unpaired) electrons. The van der Waals surface area contributed by atoms with E-state index in [-0.39, 0.29) is 22.7 Å². The second kappa shape index (κ2) is 12.5. The van der Waals surface area contributed by atoms with E-state index in [2.05, 4.69) is 18.2 Å². The molecule has 39 heavy (non-hydrogen) atoms. The van der Waals surface area contributed by atoms with Crippen molar-refractivity contribution in [3.63, 3.8) is 0 Å². The molecule has 0 spiro atoms. The van der Waals surface area contributed by atoms with E-state index < -0.39 is 17.9 Å². The van der Waals surface area contributed by atoms with Crippen molar-refractivity contribution in [3.05, 3.63) is 119 Å². The molecule has 8 nitrogen and oxygen atoms in total. The number of anilines is 1. The fourth-order valence-electron chi connectivity index (χ4n) is 4.58. The van der Waals surface area contributed by atoms with Gasteiger partial charge < -0.3 is 19.9 Å². The number of carbonyl (C=O) groups excluding carboxylic acids is 2. The maximum atomic E-state index is 13.1. The second-order valence-corrected chi connectivity index (χ2v) is 8.77. The van der Waals surface area contributed by atoms with Gasteiger partial charge in [-0.2, -0.15) is 5.26 Å². The largest absolute Gasteiger partial charge is 0.494 e. The van der Waals surface area contributed by atoms with Crippen molar-refractivity contribution < 1.29 is 23.8 Å². The average Bonchev–Trinajstić information content (AvgIpc) is 2.99. The van der Waals surface area contributed by atoms with Crippen LogP contribution >= 0.6 is 0 Å². The Morgan fingerprint density at radius 1 is 0.897 bits per heavy atom. The first-order chi connectivity index (χ1) is 19.0.